The van der Waals surface area contributed by atoms with Crippen molar-refractivity contribution in [3.05, 3.63) is 97.2 Å². The van der Waals surface area contributed by atoms with Crippen molar-refractivity contribution in [2.45, 2.75) is 264 Å². The highest BCUT2D eigenvalue weighted by atomic mass is 16.6. The largest absolute Gasteiger partial charge is 0.462 e. The fourth-order valence-corrected chi connectivity index (χ4v) is 7.62. The van der Waals surface area contributed by atoms with E-state index in [4.69, 9.17) is 14.2 Å². The number of carbonyl (C=O) groups is 3. The van der Waals surface area contributed by atoms with Crippen molar-refractivity contribution in [3.8, 4) is 0 Å². The van der Waals surface area contributed by atoms with Gasteiger partial charge in [-0.1, -0.05) is 221 Å². The van der Waals surface area contributed by atoms with Crippen LogP contribution in [-0.2, 0) is 28.6 Å². The number of carbonyl (C=O) groups excluding carboxylic acids is 3. The van der Waals surface area contributed by atoms with Crippen molar-refractivity contribution >= 4 is 17.9 Å². The molecule has 0 aliphatic carbocycles. The summed E-state index contributed by atoms with van der Waals surface area (Å²) in [5.41, 5.74) is 0. The molecule has 0 aromatic rings. The van der Waals surface area contributed by atoms with Gasteiger partial charge < -0.3 is 14.2 Å². The number of unbranched alkanes of at least 4 members (excludes halogenated alkanes) is 23. The molecule has 388 valence electrons. The molecular weight excluding hydrogens is 841 g/mol. The molecule has 1 unspecified atom stereocenters. The van der Waals surface area contributed by atoms with E-state index in [1.807, 2.05) is 0 Å². The Balaban J connectivity index is 4.44. The molecule has 0 spiro atoms. The Kier molecular flexibility index (Phi) is 52.9. The van der Waals surface area contributed by atoms with Crippen LogP contribution in [0.1, 0.15) is 258 Å². The third-order valence-electron chi connectivity index (χ3n) is 11.8. The maximum Gasteiger partial charge on any atom is 0.306 e. The van der Waals surface area contributed by atoms with Gasteiger partial charge in [0.2, 0.25) is 0 Å². The molecule has 6 heteroatoms. The third kappa shape index (κ3) is 53.3. The van der Waals surface area contributed by atoms with Crippen LogP contribution in [0.5, 0.6) is 0 Å². The summed E-state index contributed by atoms with van der Waals surface area (Å²) in [7, 11) is 0. The standard InChI is InChI=1S/C62H104O6/c1-4-7-10-13-16-19-22-25-27-29-31-33-35-37-40-43-46-49-52-55-61(64)67-58-59(57-66-60(63)54-51-48-45-42-39-24-21-18-15-12-9-6-3)68-62(65)56-53-50-47-44-41-38-36-34-32-30-28-26-23-20-17-14-11-8-5-2/h7,9-10,12,16,18-19,21,25,27,30-33,37,40,59H,4-6,8,11,13-15,17,20,22-24,26,28-29,34-36,38-39,41-58H2,1-3H3/b10-7-,12-9-,19-16-,21-18-,27-25-,32-30-,33-31-,40-37-. The quantitative estimate of drug-likeness (QED) is 0.0262. The van der Waals surface area contributed by atoms with Gasteiger partial charge in [0.05, 0.1) is 0 Å². The topological polar surface area (TPSA) is 78.9 Å². The average Bonchev–Trinajstić information content (AvgIpc) is 3.34. The third-order valence-corrected chi connectivity index (χ3v) is 11.8. The lowest BCUT2D eigenvalue weighted by atomic mass is 10.1. The van der Waals surface area contributed by atoms with Crippen LogP contribution in [0.2, 0.25) is 0 Å². The molecule has 0 rings (SSSR count). The second-order valence-electron chi connectivity index (χ2n) is 18.4. The first-order valence-corrected chi connectivity index (χ1v) is 28.2. The first kappa shape index (κ1) is 64.3. The van der Waals surface area contributed by atoms with Gasteiger partial charge in [-0.05, 0) is 116 Å². The van der Waals surface area contributed by atoms with Crippen molar-refractivity contribution in [3.63, 3.8) is 0 Å². The summed E-state index contributed by atoms with van der Waals surface area (Å²) < 4.78 is 16.8. The van der Waals surface area contributed by atoms with Crippen molar-refractivity contribution in [2.24, 2.45) is 0 Å². The first-order valence-electron chi connectivity index (χ1n) is 28.2. The molecule has 0 fully saturated rings. The molecule has 0 amide bonds. The SMILES string of the molecule is CC/C=C\C/C=C\C/C=C\C/C=C\C/C=C\CCCCCC(=O)OCC(COC(=O)CCCCCCC/C=C\C/C=C\CC)OC(=O)CCCCCCCCC/C=C\CCCCCCCCCC. The smallest absolute Gasteiger partial charge is 0.306 e. The second-order valence-corrected chi connectivity index (χ2v) is 18.4. The predicted molar refractivity (Wildman–Crippen MR) is 293 cm³/mol. The Morgan fingerprint density at radius 3 is 0.926 bits per heavy atom. The van der Waals surface area contributed by atoms with E-state index >= 15 is 0 Å². The highest BCUT2D eigenvalue weighted by Crippen LogP contribution is 2.14. The van der Waals surface area contributed by atoms with Crippen LogP contribution in [0.3, 0.4) is 0 Å². The Morgan fingerprint density at radius 2 is 0.574 bits per heavy atom. The predicted octanol–water partition coefficient (Wildman–Crippen LogP) is 18.9. The summed E-state index contributed by atoms with van der Waals surface area (Å²) >= 11 is 0. The van der Waals surface area contributed by atoms with E-state index in [0.29, 0.717) is 19.3 Å². The molecule has 0 saturated heterocycles. The van der Waals surface area contributed by atoms with Crippen molar-refractivity contribution < 1.29 is 28.6 Å². The molecule has 0 aromatic heterocycles. The number of hydrogen-bond acceptors (Lipinski definition) is 6. The lowest BCUT2D eigenvalue weighted by Gasteiger charge is -2.18. The Morgan fingerprint density at radius 1 is 0.309 bits per heavy atom. The van der Waals surface area contributed by atoms with Crippen LogP contribution in [0.25, 0.3) is 0 Å². The van der Waals surface area contributed by atoms with Crippen LogP contribution in [0, 0.1) is 0 Å². The molecule has 0 aliphatic heterocycles. The number of ether oxygens (including phenoxy) is 3. The van der Waals surface area contributed by atoms with Gasteiger partial charge in [0, 0.05) is 19.3 Å². The van der Waals surface area contributed by atoms with Crippen molar-refractivity contribution in [1.29, 1.82) is 0 Å². The van der Waals surface area contributed by atoms with E-state index in [-0.39, 0.29) is 31.1 Å². The Hall–Kier alpha value is -3.67. The molecule has 0 N–H and O–H groups in total. The van der Waals surface area contributed by atoms with Crippen LogP contribution in [0.4, 0.5) is 0 Å². The summed E-state index contributed by atoms with van der Waals surface area (Å²) in [4.78, 5) is 38.1. The molecular formula is C62H104O6. The molecule has 0 saturated carbocycles. The Bertz CT molecular complexity index is 1360. The van der Waals surface area contributed by atoms with Gasteiger partial charge in [-0.15, -0.1) is 0 Å². The zero-order valence-electron chi connectivity index (χ0n) is 44.3. The van der Waals surface area contributed by atoms with E-state index in [1.165, 1.54) is 89.9 Å². The number of esters is 3. The monoisotopic (exact) mass is 945 g/mol. The fraction of sp³-hybridized carbons (Fsp3) is 0.694. The molecule has 68 heavy (non-hydrogen) atoms. The summed E-state index contributed by atoms with van der Waals surface area (Å²) in [5.74, 6) is -0.947. The van der Waals surface area contributed by atoms with Crippen LogP contribution >= 0.6 is 0 Å². The number of allylic oxidation sites excluding steroid dienone is 16. The van der Waals surface area contributed by atoms with Crippen LogP contribution in [-0.4, -0.2) is 37.2 Å². The molecule has 0 bridgehead atoms. The van der Waals surface area contributed by atoms with Gasteiger partial charge in [0.15, 0.2) is 6.10 Å². The summed E-state index contributed by atoms with van der Waals surface area (Å²) in [5, 5.41) is 0. The van der Waals surface area contributed by atoms with E-state index < -0.39 is 6.10 Å². The molecule has 0 aromatic carbocycles. The summed E-state index contributed by atoms with van der Waals surface area (Å²) in [6, 6.07) is 0. The number of rotatable bonds is 50. The normalized spacial score (nSPS) is 12.8. The maximum atomic E-state index is 12.9. The van der Waals surface area contributed by atoms with Gasteiger partial charge in [-0.25, -0.2) is 0 Å². The zero-order valence-corrected chi connectivity index (χ0v) is 44.3. The van der Waals surface area contributed by atoms with Crippen LogP contribution in [0.15, 0.2) is 97.2 Å². The first-order chi connectivity index (χ1) is 33.5. The minimum absolute atomic E-state index is 0.0980. The summed E-state index contributed by atoms with van der Waals surface area (Å²) in [6.45, 7) is 6.38. The highest BCUT2D eigenvalue weighted by Gasteiger charge is 2.19. The highest BCUT2D eigenvalue weighted by molar-refractivity contribution is 5.71. The molecule has 1 atom stereocenters. The maximum absolute atomic E-state index is 12.9. The van der Waals surface area contributed by atoms with Gasteiger partial charge >= 0.3 is 17.9 Å². The number of hydrogen-bond donors (Lipinski definition) is 0. The lowest BCUT2D eigenvalue weighted by Crippen LogP contribution is -2.30. The van der Waals surface area contributed by atoms with Gasteiger partial charge in [-0.3, -0.25) is 14.4 Å². The van der Waals surface area contributed by atoms with Crippen molar-refractivity contribution in [1.82, 2.24) is 0 Å². The van der Waals surface area contributed by atoms with Crippen LogP contribution < -0.4 is 0 Å². The molecule has 0 radical (unpaired) electrons. The Labute approximate surface area is 419 Å². The second kappa shape index (κ2) is 55.9. The fourth-order valence-electron chi connectivity index (χ4n) is 7.62. The zero-order chi connectivity index (χ0) is 49.3. The van der Waals surface area contributed by atoms with Gasteiger partial charge in [-0.2, -0.15) is 0 Å². The lowest BCUT2D eigenvalue weighted by molar-refractivity contribution is -0.167. The molecule has 0 aliphatic rings. The van der Waals surface area contributed by atoms with Gasteiger partial charge in [0.25, 0.3) is 0 Å². The summed E-state index contributed by atoms with van der Waals surface area (Å²) in [6.07, 6.45) is 74.0. The van der Waals surface area contributed by atoms with E-state index in [1.54, 1.807) is 0 Å². The molecule has 0 heterocycles. The van der Waals surface area contributed by atoms with E-state index in [0.717, 1.165) is 128 Å². The minimum atomic E-state index is -0.800. The van der Waals surface area contributed by atoms with E-state index in [2.05, 4.69) is 118 Å². The van der Waals surface area contributed by atoms with Crippen molar-refractivity contribution in [2.75, 3.05) is 13.2 Å². The van der Waals surface area contributed by atoms with E-state index in [9.17, 15) is 14.4 Å². The molecule has 6 nitrogen and oxygen atoms in total. The minimum Gasteiger partial charge on any atom is -0.462 e. The average molecular weight is 946 g/mol. The van der Waals surface area contributed by atoms with Gasteiger partial charge in [0.1, 0.15) is 13.2 Å².